The predicted molar refractivity (Wildman–Crippen MR) is 104 cm³/mol. The van der Waals surface area contributed by atoms with E-state index in [0.717, 1.165) is 44.6 Å². The molecule has 1 aromatic heterocycles. The monoisotopic (exact) mass is 360 g/mol. The summed E-state index contributed by atoms with van der Waals surface area (Å²) in [6.45, 7) is 1.62. The summed E-state index contributed by atoms with van der Waals surface area (Å²) in [6, 6.07) is 14.5. The van der Waals surface area contributed by atoms with Gasteiger partial charge in [-0.2, -0.15) is 5.26 Å². The highest BCUT2D eigenvalue weighted by Crippen LogP contribution is 2.35. The second-order valence-electron chi connectivity index (χ2n) is 7.45. The van der Waals surface area contributed by atoms with Crippen LogP contribution in [0.3, 0.4) is 0 Å². The number of pyridine rings is 1. The fourth-order valence-electron chi connectivity index (χ4n) is 4.34. The van der Waals surface area contributed by atoms with Crippen LogP contribution < -0.4 is 10.2 Å². The first kappa shape index (κ1) is 17.5. The third-order valence-corrected chi connectivity index (χ3v) is 5.76. The van der Waals surface area contributed by atoms with Crippen LogP contribution in [-0.2, 0) is 11.2 Å². The molecular weight excluding hydrogens is 336 g/mol. The smallest absolute Gasteiger partial charge is 0.220 e. The van der Waals surface area contributed by atoms with Gasteiger partial charge in [0.15, 0.2) is 0 Å². The van der Waals surface area contributed by atoms with E-state index >= 15 is 0 Å². The zero-order valence-corrected chi connectivity index (χ0v) is 15.4. The van der Waals surface area contributed by atoms with Crippen LogP contribution in [0.4, 0.5) is 5.82 Å². The molecule has 0 unspecified atom stereocenters. The van der Waals surface area contributed by atoms with Crippen molar-refractivity contribution in [3.63, 3.8) is 0 Å². The van der Waals surface area contributed by atoms with Crippen molar-refractivity contribution in [3.05, 3.63) is 59.3 Å². The molecule has 2 aromatic rings. The van der Waals surface area contributed by atoms with Gasteiger partial charge in [0.1, 0.15) is 11.9 Å². The minimum absolute atomic E-state index is 0.158. The van der Waals surface area contributed by atoms with Crippen LogP contribution in [0.1, 0.15) is 48.3 Å². The minimum atomic E-state index is 0.158. The molecule has 1 N–H and O–H groups in total. The molecule has 0 saturated carbocycles. The SMILES string of the molecule is N#Cc1cccnc1N1CCC(NC(=O)C[C@H]2CCc3ccccc32)CC1. The Bertz CT molecular complexity index is 865. The van der Waals surface area contributed by atoms with Crippen LogP contribution in [0, 0.1) is 11.3 Å². The lowest BCUT2D eigenvalue weighted by Gasteiger charge is -2.33. The van der Waals surface area contributed by atoms with E-state index in [1.165, 1.54) is 11.1 Å². The molecule has 2 heterocycles. The fraction of sp³-hybridized carbons (Fsp3) is 0.409. The molecule has 0 spiro atoms. The maximum atomic E-state index is 12.5. The number of carbonyl (C=O) groups excluding carboxylic acids is 1. The lowest BCUT2D eigenvalue weighted by molar-refractivity contribution is -0.122. The Morgan fingerprint density at radius 3 is 2.81 bits per heavy atom. The van der Waals surface area contributed by atoms with Crippen molar-refractivity contribution in [2.24, 2.45) is 0 Å². The molecule has 1 atom stereocenters. The van der Waals surface area contributed by atoms with Gasteiger partial charge in [-0.25, -0.2) is 4.98 Å². The second-order valence-corrected chi connectivity index (χ2v) is 7.45. The number of nitrogens with zero attached hydrogens (tertiary/aromatic N) is 3. The molecule has 138 valence electrons. The van der Waals surface area contributed by atoms with Gasteiger partial charge < -0.3 is 10.2 Å². The van der Waals surface area contributed by atoms with Crippen LogP contribution in [0.15, 0.2) is 42.6 Å². The third kappa shape index (κ3) is 3.80. The molecular formula is C22H24N4O. The molecule has 5 heteroatoms. The fourth-order valence-corrected chi connectivity index (χ4v) is 4.34. The van der Waals surface area contributed by atoms with Crippen LogP contribution in [0.2, 0.25) is 0 Å². The van der Waals surface area contributed by atoms with Gasteiger partial charge in [0.05, 0.1) is 5.56 Å². The summed E-state index contributed by atoms with van der Waals surface area (Å²) in [5.74, 6) is 1.27. The maximum Gasteiger partial charge on any atom is 0.220 e. The van der Waals surface area contributed by atoms with E-state index in [-0.39, 0.29) is 11.9 Å². The van der Waals surface area contributed by atoms with E-state index in [4.69, 9.17) is 0 Å². The number of hydrogen-bond donors (Lipinski definition) is 1. The van der Waals surface area contributed by atoms with Gasteiger partial charge in [0.2, 0.25) is 5.91 Å². The highest BCUT2D eigenvalue weighted by Gasteiger charge is 2.27. The highest BCUT2D eigenvalue weighted by molar-refractivity contribution is 5.77. The number of aryl methyl sites for hydroxylation is 1. The molecule has 1 aliphatic heterocycles. The Kier molecular flexibility index (Phi) is 5.06. The number of nitriles is 1. The van der Waals surface area contributed by atoms with E-state index < -0.39 is 0 Å². The molecule has 4 rings (SSSR count). The number of fused-ring (bicyclic) bond motifs is 1. The Hall–Kier alpha value is -2.87. The lowest BCUT2D eigenvalue weighted by Crippen LogP contribution is -2.45. The normalized spacial score (nSPS) is 19.4. The number of carbonyl (C=O) groups is 1. The van der Waals surface area contributed by atoms with Crippen molar-refractivity contribution in [2.45, 2.75) is 44.1 Å². The minimum Gasteiger partial charge on any atom is -0.355 e. The van der Waals surface area contributed by atoms with Crippen molar-refractivity contribution in [2.75, 3.05) is 18.0 Å². The Morgan fingerprint density at radius 1 is 1.19 bits per heavy atom. The first-order chi connectivity index (χ1) is 13.2. The van der Waals surface area contributed by atoms with Crippen LogP contribution in [0.25, 0.3) is 0 Å². The van der Waals surface area contributed by atoms with Gasteiger partial charge in [0, 0.05) is 31.7 Å². The molecule has 1 fully saturated rings. The molecule has 2 aliphatic rings. The van der Waals surface area contributed by atoms with Gasteiger partial charge in [0.25, 0.3) is 0 Å². The lowest BCUT2D eigenvalue weighted by atomic mass is 9.97. The summed E-state index contributed by atoms with van der Waals surface area (Å²) in [4.78, 5) is 19.1. The van der Waals surface area contributed by atoms with Gasteiger partial charge >= 0.3 is 0 Å². The average molecular weight is 360 g/mol. The standard InChI is InChI=1S/C22H24N4O/c23-15-18-5-3-11-24-22(18)26-12-9-19(10-13-26)25-21(27)14-17-8-7-16-4-1-2-6-20(16)17/h1-6,11,17,19H,7-10,12-14H2,(H,25,27)/t17-/m1/s1. The Balaban J connectivity index is 1.30. The van der Waals surface area contributed by atoms with E-state index in [9.17, 15) is 10.1 Å². The van der Waals surface area contributed by atoms with Gasteiger partial charge in [-0.05, 0) is 54.9 Å². The first-order valence-electron chi connectivity index (χ1n) is 9.72. The molecule has 0 bridgehead atoms. The summed E-state index contributed by atoms with van der Waals surface area (Å²) in [5, 5.41) is 12.5. The first-order valence-corrected chi connectivity index (χ1v) is 9.72. The molecule has 1 aromatic carbocycles. The van der Waals surface area contributed by atoms with Crippen molar-refractivity contribution in [1.29, 1.82) is 5.26 Å². The summed E-state index contributed by atoms with van der Waals surface area (Å²) in [6.07, 6.45) is 6.22. The van der Waals surface area contributed by atoms with Crippen molar-refractivity contribution < 1.29 is 4.79 Å². The largest absolute Gasteiger partial charge is 0.355 e. The number of benzene rings is 1. The molecule has 5 nitrogen and oxygen atoms in total. The molecule has 0 radical (unpaired) electrons. The molecule has 1 saturated heterocycles. The predicted octanol–water partition coefficient (Wildman–Crippen LogP) is 3.16. The Morgan fingerprint density at radius 2 is 2.00 bits per heavy atom. The molecule has 27 heavy (non-hydrogen) atoms. The average Bonchev–Trinajstić information content (AvgIpc) is 3.11. The topological polar surface area (TPSA) is 69.0 Å². The van der Waals surface area contributed by atoms with E-state index in [1.807, 2.05) is 0 Å². The summed E-state index contributed by atoms with van der Waals surface area (Å²) in [7, 11) is 0. The Labute approximate surface area is 160 Å². The quantitative estimate of drug-likeness (QED) is 0.909. The number of anilines is 1. The van der Waals surface area contributed by atoms with E-state index in [0.29, 0.717) is 17.9 Å². The van der Waals surface area contributed by atoms with E-state index in [1.54, 1.807) is 18.3 Å². The number of rotatable bonds is 4. The zero-order chi connectivity index (χ0) is 18.6. The second kappa shape index (κ2) is 7.79. The van der Waals surface area contributed by atoms with Crippen molar-refractivity contribution >= 4 is 11.7 Å². The maximum absolute atomic E-state index is 12.5. The van der Waals surface area contributed by atoms with Crippen LogP contribution in [-0.4, -0.2) is 30.0 Å². The number of nitrogens with one attached hydrogen (secondary N) is 1. The van der Waals surface area contributed by atoms with Crippen LogP contribution in [0.5, 0.6) is 0 Å². The van der Waals surface area contributed by atoms with Gasteiger partial charge in [-0.3, -0.25) is 4.79 Å². The van der Waals surface area contributed by atoms with Gasteiger partial charge in [-0.1, -0.05) is 24.3 Å². The summed E-state index contributed by atoms with van der Waals surface area (Å²) < 4.78 is 0. The summed E-state index contributed by atoms with van der Waals surface area (Å²) in [5.41, 5.74) is 3.36. The number of piperidine rings is 1. The molecule has 1 amide bonds. The third-order valence-electron chi connectivity index (χ3n) is 5.76. The molecule has 1 aliphatic carbocycles. The number of amides is 1. The number of hydrogen-bond acceptors (Lipinski definition) is 4. The zero-order valence-electron chi connectivity index (χ0n) is 15.4. The van der Waals surface area contributed by atoms with E-state index in [2.05, 4.69) is 45.5 Å². The van der Waals surface area contributed by atoms with Gasteiger partial charge in [-0.15, -0.1) is 0 Å². The summed E-state index contributed by atoms with van der Waals surface area (Å²) >= 11 is 0. The van der Waals surface area contributed by atoms with Crippen molar-refractivity contribution in [3.8, 4) is 6.07 Å². The van der Waals surface area contributed by atoms with Crippen LogP contribution >= 0.6 is 0 Å². The highest BCUT2D eigenvalue weighted by atomic mass is 16.1. The van der Waals surface area contributed by atoms with Crippen molar-refractivity contribution in [1.82, 2.24) is 10.3 Å². The number of aromatic nitrogens is 1.